The van der Waals surface area contributed by atoms with Crippen molar-refractivity contribution in [1.82, 2.24) is 9.88 Å². The molecule has 1 fully saturated rings. The van der Waals surface area contributed by atoms with E-state index >= 15 is 0 Å². The lowest BCUT2D eigenvalue weighted by Crippen LogP contribution is -2.40. The Morgan fingerprint density at radius 1 is 1.37 bits per heavy atom. The topological polar surface area (TPSA) is 28.2 Å². The van der Waals surface area contributed by atoms with Gasteiger partial charge in [0.2, 0.25) is 0 Å². The summed E-state index contributed by atoms with van der Waals surface area (Å²) in [6.07, 6.45) is 2.45. The van der Waals surface area contributed by atoms with Crippen molar-refractivity contribution in [3.05, 3.63) is 22.4 Å². The number of hydrogen-bond donors (Lipinski definition) is 1. The van der Waals surface area contributed by atoms with Crippen LogP contribution in [0, 0.1) is 12.8 Å². The molecule has 2 rings (SSSR count). The molecule has 0 atom stereocenters. The number of halogens is 1. The van der Waals surface area contributed by atoms with E-state index in [2.05, 4.69) is 58.0 Å². The van der Waals surface area contributed by atoms with Gasteiger partial charge in [-0.2, -0.15) is 0 Å². The van der Waals surface area contributed by atoms with Gasteiger partial charge in [-0.1, -0.05) is 13.8 Å². The Kier molecular flexibility index (Phi) is 5.22. The van der Waals surface area contributed by atoms with Gasteiger partial charge in [-0.3, -0.25) is 0 Å². The van der Waals surface area contributed by atoms with Gasteiger partial charge in [0, 0.05) is 25.7 Å². The Morgan fingerprint density at radius 2 is 2.05 bits per heavy atom. The SMILES string of the molecule is Cc1nc(Br)ccc1NC1CCN(CC(C)C)CC1. The number of aryl methyl sites for hydroxylation is 1. The predicted octanol–water partition coefficient (Wildman–Crippen LogP) is 3.68. The molecule has 0 saturated carbocycles. The minimum absolute atomic E-state index is 0.588. The summed E-state index contributed by atoms with van der Waals surface area (Å²) in [5.41, 5.74) is 2.24. The number of likely N-dealkylation sites (tertiary alicyclic amines) is 1. The summed E-state index contributed by atoms with van der Waals surface area (Å²) in [5.74, 6) is 0.766. The Bertz CT molecular complexity index is 412. The Hall–Kier alpha value is -0.610. The molecule has 4 heteroatoms. The van der Waals surface area contributed by atoms with Crippen LogP contribution in [0.1, 0.15) is 32.4 Å². The van der Waals surface area contributed by atoms with Crippen LogP contribution in [-0.4, -0.2) is 35.6 Å². The van der Waals surface area contributed by atoms with E-state index in [0.717, 1.165) is 16.2 Å². The zero-order chi connectivity index (χ0) is 13.8. The van der Waals surface area contributed by atoms with Crippen LogP contribution >= 0.6 is 15.9 Å². The van der Waals surface area contributed by atoms with Crippen molar-refractivity contribution in [2.75, 3.05) is 25.0 Å². The second-order valence-corrected chi connectivity index (χ2v) is 6.69. The Morgan fingerprint density at radius 3 is 2.63 bits per heavy atom. The van der Waals surface area contributed by atoms with Crippen molar-refractivity contribution < 1.29 is 0 Å². The van der Waals surface area contributed by atoms with Gasteiger partial charge < -0.3 is 10.2 Å². The number of hydrogen-bond acceptors (Lipinski definition) is 3. The summed E-state index contributed by atoms with van der Waals surface area (Å²) in [7, 11) is 0. The quantitative estimate of drug-likeness (QED) is 0.856. The molecule has 0 bridgehead atoms. The first kappa shape index (κ1) is 14.8. The average molecular weight is 326 g/mol. The molecular formula is C15H24BrN3. The number of piperidine rings is 1. The molecule has 0 amide bonds. The highest BCUT2D eigenvalue weighted by Crippen LogP contribution is 2.21. The summed E-state index contributed by atoms with van der Waals surface area (Å²) in [6.45, 7) is 10.3. The zero-order valence-electron chi connectivity index (χ0n) is 12.1. The first-order valence-electron chi connectivity index (χ1n) is 7.16. The van der Waals surface area contributed by atoms with Gasteiger partial charge in [-0.25, -0.2) is 4.98 Å². The van der Waals surface area contributed by atoms with Gasteiger partial charge in [0.15, 0.2) is 0 Å². The van der Waals surface area contributed by atoms with Crippen LogP contribution in [-0.2, 0) is 0 Å². The fourth-order valence-corrected chi connectivity index (χ4v) is 3.08. The van der Waals surface area contributed by atoms with E-state index in [9.17, 15) is 0 Å². The lowest BCUT2D eigenvalue weighted by atomic mass is 10.0. The van der Waals surface area contributed by atoms with Gasteiger partial charge in [-0.05, 0) is 53.7 Å². The van der Waals surface area contributed by atoms with Crippen LogP contribution in [0.15, 0.2) is 16.7 Å². The van der Waals surface area contributed by atoms with Crippen molar-refractivity contribution >= 4 is 21.6 Å². The molecule has 1 saturated heterocycles. The molecule has 0 unspecified atom stereocenters. The Balaban J connectivity index is 1.85. The van der Waals surface area contributed by atoms with Crippen LogP contribution in [0.4, 0.5) is 5.69 Å². The molecule has 0 spiro atoms. The molecule has 1 N–H and O–H groups in total. The van der Waals surface area contributed by atoms with Crippen LogP contribution < -0.4 is 5.32 Å². The number of nitrogens with one attached hydrogen (secondary N) is 1. The fourth-order valence-electron chi connectivity index (χ4n) is 2.68. The maximum atomic E-state index is 4.44. The first-order valence-corrected chi connectivity index (χ1v) is 7.96. The standard InChI is InChI=1S/C15H24BrN3/c1-11(2)10-19-8-6-13(7-9-19)18-14-4-5-15(16)17-12(14)3/h4-5,11,13,18H,6-10H2,1-3H3. The maximum absolute atomic E-state index is 4.44. The van der Waals surface area contributed by atoms with E-state index in [4.69, 9.17) is 0 Å². The van der Waals surface area contributed by atoms with E-state index in [1.165, 1.54) is 38.2 Å². The highest BCUT2D eigenvalue weighted by molar-refractivity contribution is 9.10. The van der Waals surface area contributed by atoms with E-state index < -0.39 is 0 Å². The summed E-state index contributed by atoms with van der Waals surface area (Å²) in [6, 6.07) is 4.71. The van der Waals surface area contributed by atoms with Gasteiger partial charge in [0.25, 0.3) is 0 Å². The molecule has 1 aromatic rings. The third-order valence-corrected chi connectivity index (χ3v) is 4.06. The van der Waals surface area contributed by atoms with E-state index in [-0.39, 0.29) is 0 Å². The van der Waals surface area contributed by atoms with Gasteiger partial charge in [0.1, 0.15) is 4.60 Å². The van der Waals surface area contributed by atoms with Crippen molar-refractivity contribution in [2.24, 2.45) is 5.92 Å². The molecule has 0 radical (unpaired) electrons. The average Bonchev–Trinajstić information content (AvgIpc) is 2.34. The van der Waals surface area contributed by atoms with Crippen LogP contribution in [0.2, 0.25) is 0 Å². The molecule has 1 aliphatic rings. The summed E-state index contributed by atoms with van der Waals surface area (Å²) in [5, 5.41) is 3.64. The van der Waals surface area contributed by atoms with Gasteiger partial charge in [-0.15, -0.1) is 0 Å². The van der Waals surface area contributed by atoms with Crippen molar-refractivity contribution in [1.29, 1.82) is 0 Å². The minimum atomic E-state index is 0.588. The predicted molar refractivity (Wildman–Crippen MR) is 84.6 cm³/mol. The fraction of sp³-hybridized carbons (Fsp3) is 0.667. The normalized spacial score (nSPS) is 17.9. The number of nitrogens with zero attached hydrogens (tertiary/aromatic N) is 2. The zero-order valence-corrected chi connectivity index (χ0v) is 13.7. The summed E-state index contributed by atoms with van der Waals surface area (Å²) < 4.78 is 0.905. The molecular weight excluding hydrogens is 302 g/mol. The molecule has 2 heterocycles. The third kappa shape index (κ3) is 4.46. The molecule has 3 nitrogen and oxygen atoms in total. The summed E-state index contributed by atoms with van der Waals surface area (Å²) >= 11 is 3.41. The van der Waals surface area contributed by atoms with E-state index in [1.807, 2.05) is 6.07 Å². The monoisotopic (exact) mass is 325 g/mol. The van der Waals surface area contributed by atoms with Gasteiger partial charge in [0.05, 0.1) is 11.4 Å². The molecule has 1 aliphatic heterocycles. The number of aromatic nitrogens is 1. The lowest BCUT2D eigenvalue weighted by molar-refractivity contribution is 0.198. The highest BCUT2D eigenvalue weighted by atomic mass is 79.9. The first-order chi connectivity index (χ1) is 9.04. The second kappa shape index (κ2) is 6.71. The van der Waals surface area contributed by atoms with Crippen molar-refractivity contribution in [3.8, 4) is 0 Å². The van der Waals surface area contributed by atoms with Crippen molar-refractivity contribution in [2.45, 2.75) is 39.7 Å². The van der Waals surface area contributed by atoms with Crippen LogP contribution in [0.5, 0.6) is 0 Å². The summed E-state index contributed by atoms with van der Waals surface area (Å²) in [4.78, 5) is 7.02. The lowest BCUT2D eigenvalue weighted by Gasteiger charge is -2.34. The number of anilines is 1. The number of rotatable bonds is 4. The Labute approximate surface area is 124 Å². The van der Waals surface area contributed by atoms with Crippen molar-refractivity contribution in [3.63, 3.8) is 0 Å². The molecule has 1 aromatic heterocycles. The minimum Gasteiger partial charge on any atom is -0.381 e. The van der Waals surface area contributed by atoms with Crippen LogP contribution in [0.3, 0.4) is 0 Å². The molecule has 106 valence electrons. The maximum Gasteiger partial charge on any atom is 0.106 e. The van der Waals surface area contributed by atoms with E-state index in [0.29, 0.717) is 6.04 Å². The van der Waals surface area contributed by atoms with Crippen LogP contribution in [0.25, 0.3) is 0 Å². The largest absolute Gasteiger partial charge is 0.381 e. The molecule has 0 aliphatic carbocycles. The third-order valence-electron chi connectivity index (χ3n) is 3.62. The molecule has 19 heavy (non-hydrogen) atoms. The molecule has 0 aromatic carbocycles. The number of pyridine rings is 1. The van der Waals surface area contributed by atoms with Gasteiger partial charge >= 0.3 is 0 Å². The van der Waals surface area contributed by atoms with E-state index in [1.54, 1.807) is 0 Å². The second-order valence-electron chi connectivity index (χ2n) is 5.88. The highest BCUT2D eigenvalue weighted by Gasteiger charge is 2.19. The smallest absolute Gasteiger partial charge is 0.106 e.